The van der Waals surface area contributed by atoms with E-state index in [1.807, 2.05) is 30.3 Å². The van der Waals surface area contributed by atoms with E-state index in [1.54, 1.807) is 4.90 Å². The maximum absolute atomic E-state index is 13.3. The fourth-order valence-electron chi connectivity index (χ4n) is 4.35. The summed E-state index contributed by atoms with van der Waals surface area (Å²) in [5.41, 5.74) is 2.22. The zero-order chi connectivity index (χ0) is 22.8. The van der Waals surface area contributed by atoms with Crippen LogP contribution in [0, 0.1) is 11.7 Å². The fraction of sp³-hybridized carbons (Fsp3) is 0.346. The molecule has 1 aromatic heterocycles. The van der Waals surface area contributed by atoms with Gasteiger partial charge in [0.1, 0.15) is 11.6 Å². The van der Waals surface area contributed by atoms with Crippen LogP contribution in [0.1, 0.15) is 41.4 Å². The van der Waals surface area contributed by atoms with Crippen LogP contribution in [0.15, 0.2) is 54.6 Å². The van der Waals surface area contributed by atoms with Crippen molar-refractivity contribution in [3.8, 4) is 11.6 Å². The molecule has 0 bridgehead atoms. The van der Waals surface area contributed by atoms with Gasteiger partial charge in [-0.2, -0.15) is 4.98 Å². The number of halogens is 1. The third-order valence-corrected chi connectivity index (χ3v) is 6.41. The van der Waals surface area contributed by atoms with Gasteiger partial charge in [-0.15, -0.1) is 0 Å². The van der Waals surface area contributed by atoms with Crippen molar-refractivity contribution in [3.63, 3.8) is 0 Å². The number of amides is 1. The number of fused-ring (bicyclic) bond motifs is 1. The van der Waals surface area contributed by atoms with Gasteiger partial charge >= 0.3 is 0 Å². The van der Waals surface area contributed by atoms with Gasteiger partial charge in [-0.1, -0.05) is 25.1 Å². The lowest BCUT2D eigenvalue weighted by Crippen LogP contribution is -2.38. The molecule has 1 saturated heterocycles. The number of ether oxygens (including phenoxy) is 1. The Labute approximate surface area is 193 Å². The molecule has 0 spiro atoms. The second kappa shape index (κ2) is 9.17. The molecule has 7 heteroatoms. The molecular formula is C26H27FN4O2. The van der Waals surface area contributed by atoms with Crippen molar-refractivity contribution in [2.45, 2.75) is 32.7 Å². The van der Waals surface area contributed by atoms with Crippen LogP contribution in [0.25, 0.3) is 0 Å². The van der Waals surface area contributed by atoms with Gasteiger partial charge in [-0.05, 0) is 55.2 Å². The molecule has 0 atom stereocenters. The van der Waals surface area contributed by atoms with Crippen LogP contribution in [0.2, 0.25) is 0 Å². The number of piperidine rings is 1. The van der Waals surface area contributed by atoms with Crippen LogP contribution in [-0.4, -0.2) is 40.4 Å². The molecule has 0 unspecified atom stereocenters. The van der Waals surface area contributed by atoms with Crippen molar-refractivity contribution in [1.82, 2.24) is 14.9 Å². The molecule has 33 heavy (non-hydrogen) atoms. The number of carbonyl (C=O) groups is 1. The molecule has 2 aliphatic rings. The van der Waals surface area contributed by atoms with E-state index in [-0.39, 0.29) is 11.7 Å². The second-order valence-electron chi connectivity index (χ2n) is 8.82. The normalized spacial score (nSPS) is 16.4. The van der Waals surface area contributed by atoms with Crippen molar-refractivity contribution in [3.05, 3.63) is 77.2 Å². The number of rotatable bonds is 4. The van der Waals surface area contributed by atoms with E-state index in [4.69, 9.17) is 14.7 Å². The smallest absolute Gasteiger partial charge is 0.254 e. The standard InChI is InChI=1S/C26H27FN4O2/c1-18-11-14-30(15-12-18)26-28-23-13-16-31(25(32)19-7-9-20(27)10-8-19)17-22(23)24(29-26)33-21-5-3-2-4-6-21/h2-10,18H,11-17H2,1H3. The van der Waals surface area contributed by atoms with Crippen LogP contribution in [0.3, 0.4) is 0 Å². The third-order valence-electron chi connectivity index (χ3n) is 6.41. The average molecular weight is 447 g/mol. The van der Waals surface area contributed by atoms with Crippen molar-refractivity contribution >= 4 is 11.9 Å². The molecule has 1 amide bonds. The number of hydrogen-bond acceptors (Lipinski definition) is 5. The van der Waals surface area contributed by atoms with Crippen molar-refractivity contribution in [2.75, 3.05) is 24.5 Å². The van der Waals surface area contributed by atoms with Gasteiger partial charge in [0.2, 0.25) is 11.8 Å². The highest BCUT2D eigenvalue weighted by atomic mass is 19.1. The van der Waals surface area contributed by atoms with Crippen LogP contribution < -0.4 is 9.64 Å². The summed E-state index contributed by atoms with van der Waals surface area (Å²) in [6.07, 6.45) is 2.86. The molecular weight excluding hydrogens is 419 g/mol. The summed E-state index contributed by atoms with van der Waals surface area (Å²) in [5.74, 6) is 2.10. The monoisotopic (exact) mass is 446 g/mol. The first kappa shape index (κ1) is 21.4. The number of hydrogen-bond donors (Lipinski definition) is 0. The predicted molar refractivity (Wildman–Crippen MR) is 124 cm³/mol. The molecule has 0 radical (unpaired) electrons. The Morgan fingerprint density at radius 2 is 1.73 bits per heavy atom. The van der Waals surface area contributed by atoms with Gasteiger partial charge in [-0.3, -0.25) is 4.79 Å². The van der Waals surface area contributed by atoms with Crippen molar-refractivity contribution in [1.29, 1.82) is 0 Å². The Bertz CT molecular complexity index is 1130. The minimum Gasteiger partial charge on any atom is -0.438 e. The van der Waals surface area contributed by atoms with E-state index in [9.17, 15) is 9.18 Å². The third kappa shape index (κ3) is 4.67. The van der Waals surface area contributed by atoms with E-state index < -0.39 is 0 Å². The predicted octanol–water partition coefficient (Wildman–Crippen LogP) is 4.84. The van der Waals surface area contributed by atoms with Crippen LogP contribution in [-0.2, 0) is 13.0 Å². The highest BCUT2D eigenvalue weighted by Gasteiger charge is 2.29. The Kier molecular flexibility index (Phi) is 5.94. The summed E-state index contributed by atoms with van der Waals surface area (Å²) in [6, 6.07) is 15.2. The number of para-hydroxylation sites is 1. The Morgan fingerprint density at radius 1 is 1.00 bits per heavy atom. The number of aromatic nitrogens is 2. The second-order valence-corrected chi connectivity index (χ2v) is 8.82. The lowest BCUT2D eigenvalue weighted by molar-refractivity contribution is 0.0732. The number of benzene rings is 2. The maximum Gasteiger partial charge on any atom is 0.254 e. The summed E-state index contributed by atoms with van der Waals surface area (Å²) >= 11 is 0. The summed E-state index contributed by atoms with van der Waals surface area (Å²) in [6.45, 7) is 5.04. The lowest BCUT2D eigenvalue weighted by atomic mass is 9.99. The molecule has 2 aliphatic heterocycles. The van der Waals surface area contributed by atoms with Gasteiger partial charge in [0.15, 0.2) is 0 Å². The number of nitrogens with zero attached hydrogens (tertiary/aromatic N) is 4. The summed E-state index contributed by atoms with van der Waals surface area (Å²) < 4.78 is 19.5. The average Bonchev–Trinajstić information content (AvgIpc) is 2.85. The minimum atomic E-state index is -0.359. The van der Waals surface area contributed by atoms with Crippen molar-refractivity contribution < 1.29 is 13.9 Å². The Morgan fingerprint density at radius 3 is 2.45 bits per heavy atom. The zero-order valence-corrected chi connectivity index (χ0v) is 18.7. The molecule has 170 valence electrons. The first-order valence-electron chi connectivity index (χ1n) is 11.5. The summed E-state index contributed by atoms with van der Waals surface area (Å²) in [7, 11) is 0. The van der Waals surface area contributed by atoms with Crippen LogP contribution in [0.5, 0.6) is 11.6 Å². The van der Waals surface area contributed by atoms with Crippen LogP contribution in [0.4, 0.5) is 10.3 Å². The SMILES string of the molecule is CC1CCN(c2nc3c(c(Oc4ccccc4)n2)CN(C(=O)c2ccc(F)cc2)CC3)CC1. The summed E-state index contributed by atoms with van der Waals surface area (Å²) in [5, 5.41) is 0. The molecule has 6 nitrogen and oxygen atoms in total. The van der Waals surface area contributed by atoms with Gasteiger partial charge in [0.25, 0.3) is 5.91 Å². The molecule has 1 fully saturated rings. The molecule has 0 saturated carbocycles. The first-order valence-corrected chi connectivity index (χ1v) is 11.5. The fourth-order valence-corrected chi connectivity index (χ4v) is 4.35. The lowest BCUT2D eigenvalue weighted by Gasteiger charge is -2.33. The Hall–Kier alpha value is -3.48. The topological polar surface area (TPSA) is 58.6 Å². The highest BCUT2D eigenvalue weighted by molar-refractivity contribution is 5.94. The molecule has 3 aromatic rings. The Balaban J connectivity index is 1.46. The summed E-state index contributed by atoms with van der Waals surface area (Å²) in [4.78, 5) is 26.7. The first-order chi connectivity index (χ1) is 16.1. The van der Waals surface area contributed by atoms with Crippen molar-refractivity contribution in [2.24, 2.45) is 5.92 Å². The van der Waals surface area contributed by atoms with Gasteiger partial charge in [0, 0.05) is 31.6 Å². The minimum absolute atomic E-state index is 0.139. The van der Waals surface area contributed by atoms with E-state index >= 15 is 0 Å². The van der Waals surface area contributed by atoms with Gasteiger partial charge < -0.3 is 14.5 Å². The largest absolute Gasteiger partial charge is 0.438 e. The van der Waals surface area contributed by atoms with Gasteiger partial charge in [0.05, 0.1) is 17.8 Å². The van der Waals surface area contributed by atoms with Gasteiger partial charge in [-0.25, -0.2) is 9.37 Å². The van der Waals surface area contributed by atoms with E-state index in [2.05, 4.69) is 11.8 Å². The number of carbonyl (C=O) groups excluding carboxylic acids is 1. The molecule has 0 aliphatic carbocycles. The van der Waals surface area contributed by atoms with E-state index in [0.29, 0.717) is 48.6 Å². The highest BCUT2D eigenvalue weighted by Crippen LogP contribution is 2.33. The molecule has 2 aromatic carbocycles. The quantitative estimate of drug-likeness (QED) is 0.574. The maximum atomic E-state index is 13.3. The van der Waals surface area contributed by atoms with Crippen LogP contribution >= 0.6 is 0 Å². The van der Waals surface area contributed by atoms with E-state index in [0.717, 1.165) is 37.2 Å². The van der Waals surface area contributed by atoms with E-state index in [1.165, 1.54) is 24.3 Å². The molecule has 0 N–H and O–H groups in total. The molecule has 5 rings (SSSR count). The molecule has 3 heterocycles. The number of anilines is 1. The zero-order valence-electron chi connectivity index (χ0n) is 18.7.